The highest BCUT2D eigenvalue weighted by Gasteiger charge is 2.50. The molecular weight excluding hydrogens is 566 g/mol. The van der Waals surface area contributed by atoms with Crippen LogP contribution >= 0.6 is 23.2 Å². The zero-order valence-corrected chi connectivity index (χ0v) is 23.0. The average Bonchev–Trinajstić information content (AvgIpc) is 3.16. The van der Waals surface area contributed by atoms with E-state index in [0.717, 1.165) is 16.5 Å². The fourth-order valence-electron chi connectivity index (χ4n) is 5.23. The summed E-state index contributed by atoms with van der Waals surface area (Å²) < 4.78 is 76.1. The number of halogens is 7. The summed E-state index contributed by atoms with van der Waals surface area (Å²) in [6.45, 7) is 2.15. The Morgan fingerprint density at radius 2 is 1.90 bits per heavy atom. The molecule has 1 aliphatic heterocycles. The van der Waals surface area contributed by atoms with Crippen molar-refractivity contribution in [2.75, 3.05) is 19.7 Å². The van der Waals surface area contributed by atoms with Gasteiger partial charge in [-0.1, -0.05) is 30.1 Å². The van der Waals surface area contributed by atoms with Crippen LogP contribution in [-0.4, -0.2) is 53.1 Å². The smallest absolute Gasteiger partial charge is 0.412 e. The van der Waals surface area contributed by atoms with Gasteiger partial charge in [0.25, 0.3) is 11.8 Å². The molecule has 0 bridgehead atoms. The van der Waals surface area contributed by atoms with Gasteiger partial charge in [-0.25, -0.2) is 8.78 Å². The summed E-state index contributed by atoms with van der Waals surface area (Å²) in [5.41, 5.74) is 1.52. The van der Waals surface area contributed by atoms with Crippen molar-refractivity contribution in [3.05, 3.63) is 61.9 Å². The van der Waals surface area contributed by atoms with Crippen LogP contribution in [0.4, 0.5) is 22.0 Å². The maximum atomic E-state index is 14.8. The fraction of sp³-hybridized carbons (Fsp3) is 0.481. The number of likely N-dealkylation sites (tertiary alicyclic amines) is 1. The van der Waals surface area contributed by atoms with Crippen LogP contribution in [0.3, 0.4) is 0 Å². The highest BCUT2D eigenvalue weighted by Crippen LogP contribution is 2.43. The third kappa shape index (κ3) is 5.68. The Hall–Kier alpha value is -2.59. The van der Waals surface area contributed by atoms with Crippen molar-refractivity contribution in [2.24, 2.45) is 13.0 Å². The van der Waals surface area contributed by atoms with Crippen molar-refractivity contribution >= 4 is 41.2 Å². The van der Waals surface area contributed by atoms with Gasteiger partial charge in [0.1, 0.15) is 5.92 Å². The molecule has 0 saturated carbocycles. The van der Waals surface area contributed by atoms with E-state index in [4.69, 9.17) is 27.9 Å². The maximum Gasteiger partial charge on any atom is 0.412 e. The topological polar surface area (TPSA) is 51.5 Å². The molecule has 39 heavy (non-hydrogen) atoms. The molecule has 2 heterocycles. The van der Waals surface area contributed by atoms with Crippen LogP contribution in [0.1, 0.15) is 65.5 Å². The number of carbonyl (C=O) groups excluding carboxylic acids is 2. The number of benzene rings is 1. The summed E-state index contributed by atoms with van der Waals surface area (Å²) in [7, 11) is 1.64. The number of fused-ring (bicyclic) bond motifs is 1. The first kappa shape index (κ1) is 29.4. The molecule has 1 saturated heterocycles. The predicted molar refractivity (Wildman–Crippen MR) is 137 cm³/mol. The Morgan fingerprint density at radius 3 is 2.51 bits per heavy atom. The number of rotatable bonds is 5. The van der Waals surface area contributed by atoms with Gasteiger partial charge in [0.15, 0.2) is 0 Å². The lowest BCUT2D eigenvalue weighted by molar-refractivity contribution is -0.170. The molecule has 0 radical (unpaired) electrons. The second kappa shape index (κ2) is 10.8. The predicted octanol–water partition coefficient (Wildman–Crippen LogP) is 7.04. The number of aromatic nitrogens is 1. The van der Waals surface area contributed by atoms with Gasteiger partial charge in [-0.3, -0.25) is 9.59 Å². The lowest BCUT2D eigenvalue weighted by atomic mass is 9.87. The largest absolute Gasteiger partial charge is 0.466 e. The summed E-state index contributed by atoms with van der Waals surface area (Å²) in [5.74, 6) is -7.23. The van der Waals surface area contributed by atoms with E-state index in [0.29, 0.717) is 17.0 Å². The number of hydrogen-bond donors (Lipinski definition) is 0. The van der Waals surface area contributed by atoms with Crippen LogP contribution in [0.2, 0.25) is 10.0 Å². The minimum Gasteiger partial charge on any atom is -0.466 e. The summed E-state index contributed by atoms with van der Waals surface area (Å²) >= 11 is 13.0. The van der Waals surface area contributed by atoms with Gasteiger partial charge in [-0.05, 0) is 61.1 Å². The molecule has 2 atom stereocenters. The second-order valence-electron chi connectivity index (χ2n) is 9.95. The van der Waals surface area contributed by atoms with Gasteiger partial charge in [0.2, 0.25) is 0 Å². The Bertz CT molecular complexity index is 1340. The number of alkyl halides is 5. The number of carbonyl (C=O) groups is 2. The van der Waals surface area contributed by atoms with Gasteiger partial charge in [0, 0.05) is 42.0 Å². The van der Waals surface area contributed by atoms with Crippen molar-refractivity contribution in [3.8, 4) is 0 Å². The third-order valence-corrected chi connectivity index (χ3v) is 8.16. The van der Waals surface area contributed by atoms with E-state index in [1.54, 1.807) is 24.6 Å². The molecule has 2 aliphatic rings. The lowest BCUT2D eigenvalue weighted by Crippen LogP contribution is -2.53. The molecule has 5 nitrogen and oxygen atoms in total. The maximum absolute atomic E-state index is 14.8. The molecule has 12 heteroatoms. The van der Waals surface area contributed by atoms with Crippen molar-refractivity contribution < 1.29 is 36.3 Å². The van der Waals surface area contributed by atoms with Crippen LogP contribution in [0.25, 0.3) is 6.08 Å². The molecule has 2 aromatic rings. The SMILES string of the molecule is CCOC(=O)C1CCN(C(=O)c2ccc(Cl)c(Cc3cc4c(n3C)C=C(C(F)(F)F)CC4C)c2Cl)CC1(F)F. The standard InChI is InChI=1S/C27H27Cl2F5N2O3/c1-4-39-25(38)20-7-8-36(13-26(20,30)31)24(37)17-5-6-21(28)19(23(17)29)12-16-11-18-14(2)9-15(27(32,33)34)10-22(18)35(16)3/h5-6,10-11,14,20H,4,7-9,12-13H2,1-3H3. The number of piperidine rings is 1. The molecule has 0 spiro atoms. The van der Waals surface area contributed by atoms with Crippen LogP contribution in [0, 0.1) is 5.92 Å². The molecule has 1 aliphatic carbocycles. The van der Waals surface area contributed by atoms with Crippen LogP contribution in [-0.2, 0) is 23.0 Å². The van der Waals surface area contributed by atoms with Crippen molar-refractivity contribution in [1.82, 2.24) is 9.47 Å². The summed E-state index contributed by atoms with van der Waals surface area (Å²) in [6, 6.07) is 4.58. The minimum atomic E-state index is -4.43. The highest BCUT2D eigenvalue weighted by atomic mass is 35.5. The highest BCUT2D eigenvalue weighted by molar-refractivity contribution is 6.38. The molecule has 0 N–H and O–H groups in total. The summed E-state index contributed by atoms with van der Waals surface area (Å²) in [6.07, 6.45) is -3.59. The van der Waals surface area contributed by atoms with Gasteiger partial charge in [-0.2, -0.15) is 13.2 Å². The zero-order chi connectivity index (χ0) is 28.9. The minimum absolute atomic E-state index is 0.0259. The van der Waals surface area contributed by atoms with E-state index in [-0.39, 0.29) is 53.9 Å². The van der Waals surface area contributed by atoms with E-state index in [1.165, 1.54) is 19.1 Å². The second-order valence-corrected chi connectivity index (χ2v) is 10.7. The van der Waals surface area contributed by atoms with Crippen molar-refractivity contribution in [3.63, 3.8) is 0 Å². The fourth-order valence-corrected chi connectivity index (χ4v) is 5.81. The van der Waals surface area contributed by atoms with E-state index < -0.39 is 42.0 Å². The molecule has 1 amide bonds. The van der Waals surface area contributed by atoms with Gasteiger partial charge < -0.3 is 14.2 Å². The number of esters is 1. The van der Waals surface area contributed by atoms with Gasteiger partial charge >= 0.3 is 12.1 Å². The van der Waals surface area contributed by atoms with Crippen molar-refractivity contribution in [1.29, 1.82) is 0 Å². The normalized spacial score (nSPS) is 20.9. The molecule has 1 fully saturated rings. The summed E-state index contributed by atoms with van der Waals surface area (Å²) in [4.78, 5) is 26.2. The Balaban J connectivity index is 1.61. The number of hydrogen-bond acceptors (Lipinski definition) is 3. The Labute approximate surface area is 232 Å². The average molecular weight is 593 g/mol. The van der Waals surface area contributed by atoms with E-state index in [2.05, 4.69) is 0 Å². The number of allylic oxidation sites excluding steroid dienone is 1. The lowest BCUT2D eigenvalue weighted by Gasteiger charge is -2.37. The number of nitrogens with zero attached hydrogens (tertiary/aromatic N) is 2. The molecule has 1 aromatic carbocycles. The van der Waals surface area contributed by atoms with Gasteiger partial charge in [-0.15, -0.1) is 0 Å². The molecule has 2 unspecified atom stereocenters. The first-order valence-electron chi connectivity index (χ1n) is 12.4. The van der Waals surface area contributed by atoms with Crippen LogP contribution < -0.4 is 0 Å². The monoisotopic (exact) mass is 592 g/mol. The zero-order valence-electron chi connectivity index (χ0n) is 21.5. The van der Waals surface area contributed by atoms with E-state index in [1.807, 2.05) is 0 Å². The molecule has 4 rings (SSSR count). The quantitative estimate of drug-likeness (QED) is 0.276. The Morgan fingerprint density at radius 1 is 1.21 bits per heavy atom. The third-order valence-electron chi connectivity index (χ3n) is 7.37. The van der Waals surface area contributed by atoms with Crippen LogP contribution in [0.15, 0.2) is 23.8 Å². The van der Waals surface area contributed by atoms with Gasteiger partial charge in [0.05, 0.1) is 23.7 Å². The first-order chi connectivity index (χ1) is 18.2. The number of amides is 1. The molecular formula is C27H27Cl2F5N2O3. The van der Waals surface area contributed by atoms with E-state index in [9.17, 15) is 31.5 Å². The summed E-state index contributed by atoms with van der Waals surface area (Å²) in [5, 5.41) is 0.198. The van der Waals surface area contributed by atoms with Crippen LogP contribution in [0.5, 0.6) is 0 Å². The Kier molecular flexibility index (Phi) is 8.11. The molecule has 212 valence electrons. The van der Waals surface area contributed by atoms with E-state index >= 15 is 0 Å². The molecule has 1 aromatic heterocycles. The van der Waals surface area contributed by atoms with Crippen molar-refractivity contribution in [2.45, 2.75) is 51.1 Å². The number of ether oxygens (including phenoxy) is 1. The first-order valence-corrected chi connectivity index (χ1v) is 13.2.